The minimum atomic E-state index is -1.53. The van der Waals surface area contributed by atoms with Gasteiger partial charge in [-0.2, -0.15) is 5.10 Å². The Balaban J connectivity index is 1.68. The molecule has 1 aliphatic rings. The maximum atomic E-state index is 13.8. The van der Waals surface area contributed by atoms with E-state index in [0.29, 0.717) is 14.9 Å². The number of benzene rings is 1. The van der Waals surface area contributed by atoms with E-state index in [1.165, 1.54) is 24.9 Å². The Morgan fingerprint density at radius 3 is 2.54 bits per heavy atom. The highest BCUT2D eigenvalue weighted by molar-refractivity contribution is 9.10. The largest absolute Gasteiger partial charge is 0.463 e. The van der Waals surface area contributed by atoms with Crippen LogP contribution in [0.25, 0.3) is 16.0 Å². The molecule has 0 radical (unpaired) electrons. The molecule has 0 spiro atoms. The van der Waals surface area contributed by atoms with Gasteiger partial charge in [-0.25, -0.2) is 13.2 Å². The summed E-state index contributed by atoms with van der Waals surface area (Å²) < 4.78 is 55.1. The second-order valence-electron chi connectivity index (χ2n) is 8.72. The number of aromatic nitrogens is 3. The molecule has 0 bridgehead atoms. The standard InChI is InChI=1S/C25H22BrF3N4O3S/c1-12-20(11-35-14(3)34)36-25(37-21-7-17(26)9-31-24(21)30-4)13(2)23(12)33-10-16(8-32-33)15-5-18(27)22(29)19(28)6-15/h5-10,12-13,20,23,25H,11H2,1-3H3/t12-,13?,20?,23-,25+/m0/s1. The highest BCUT2D eigenvalue weighted by Crippen LogP contribution is 2.46. The van der Waals surface area contributed by atoms with Crippen LogP contribution in [0, 0.1) is 35.9 Å². The minimum absolute atomic E-state index is 0.0195. The van der Waals surface area contributed by atoms with Crippen molar-refractivity contribution in [2.45, 2.75) is 43.2 Å². The van der Waals surface area contributed by atoms with Gasteiger partial charge >= 0.3 is 5.97 Å². The molecule has 1 saturated heterocycles. The number of rotatable bonds is 6. The Bertz CT molecular complexity index is 1340. The van der Waals surface area contributed by atoms with Crippen LogP contribution in [-0.4, -0.2) is 38.9 Å². The zero-order chi connectivity index (χ0) is 26.9. The Hall–Kier alpha value is -2.88. The molecule has 0 amide bonds. The number of hydrogen-bond donors (Lipinski definition) is 0. The first-order valence-electron chi connectivity index (χ1n) is 11.3. The van der Waals surface area contributed by atoms with Crippen molar-refractivity contribution < 1.29 is 27.4 Å². The molecule has 1 aromatic carbocycles. The van der Waals surface area contributed by atoms with Crippen molar-refractivity contribution >= 4 is 39.5 Å². The fourth-order valence-corrected chi connectivity index (χ4v) is 6.07. The van der Waals surface area contributed by atoms with Crippen molar-refractivity contribution in [1.82, 2.24) is 14.8 Å². The van der Waals surface area contributed by atoms with Gasteiger partial charge in [-0.1, -0.05) is 20.4 Å². The lowest BCUT2D eigenvalue weighted by molar-refractivity contribution is -0.156. The maximum Gasteiger partial charge on any atom is 0.302 e. The topological polar surface area (TPSA) is 70.6 Å². The van der Waals surface area contributed by atoms with Crippen LogP contribution in [0.2, 0.25) is 0 Å². The predicted molar refractivity (Wildman–Crippen MR) is 134 cm³/mol. The minimum Gasteiger partial charge on any atom is -0.463 e. The molecule has 0 saturated carbocycles. The van der Waals surface area contributed by atoms with Gasteiger partial charge in [0.15, 0.2) is 17.5 Å². The van der Waals surface area contributed by atoms with Gasteiger partial charge in [0.05, 0.1) is 22.8 Å². The summed E-state index contributed by atoms with van der Waals surface area (Å²) in [6.45, 7) is 12.7. The average molecular weight is 595 g/mol. The molecular formula is C25H22BrF3N4O3S. The van der Waals surface area contributed by atoms with Gasteiger partial charge in [0.2, 0.25) is 0 Å². The van der Waals surface area contributed by atoms with E-state index in [1.807, 2.05) is 13.8 Å². The summed E-state index contributed by atoms with van der Waals surface area (Å²) in [6.07, 6.45) is 4.15. The Morgan fingerprint density at radius 1 is 1.19 bits per heavy atom. The number of pyridine rings is 1. The quantitative estimate of drug-likeness (QED) is 0.183. The molecule has 0 aliphatic carbocycles. The van der Waals surface area contributed by atoms with Crippen LogP contribution < -0.4 is 0 Å². The molecule has 4 rings (SSSR count). The Morgan fingerprint density at radius 2 is 1.89 bits per heavy atom. The lowest BCUT2D eigenvalue weighted by atomic mass is 9.84. The van der Waals surface area contributed by atoms with Gasteiger partial charge in [-0.05, 0) is 39.7 Å². The first-order chi connectivity index (χ1) is 17.6. The van der Waals surface area contributed by atoms with E-state index in [4.69, 9.17) is 16.0 Å². The van der Waals surface area contributed by atoms with Crippen LogP contribution in [0.5, 0.6) is 0 Å². The van der Waals surface area contributed by atoms with Crippen molar-refractivity contribution in [2.24, 2.45) is 11.8 Å². The van der Waals surface area contributed by atoms with E-state index >= 15 is 0 Å². The molecular weight excluding hydrogens is 573 g/mol. The normalized spacial score (nSPS) is 23.5. The Kier molecular flexibility index (Phi) is 8.26. The average Bonchev–Trinajstić information content (AvgIpc) is 3.33. The maximum absolute atomic E-state index is 13.8. The summed E-state index contributed by atoms with van der Waals surface area (Å²) in [5, 5.41) is 4.45. The molecule has 0 N–H and O–H groups in total. The first-order valence-corrected chi connectivity index (χ1v) is 12.9. The second-order valence-corrected chi connectivity index (χ2v) is 10.8. The smallest absolute Gasteiger partial charge is 0.302 e. The third-order valence-corrected chi connectivity index (χ3v) is 7.99. The predicted octanol–water partition coefficient (Wildman–Crippen LogP) is 6.57. The van der Waals surface area contributed by atoms with Crippen LogP contribution in [0.15, 0.2) is 46.2 Å². The molecule has 37 heavy (non-hydrogen) atoms. The zero-order valence-corrected chi connectivity index (χ0v) is 22.4. The molecule has 3 aromatic rings. The first kappa shape index (κ1) is 27.2. The van der Waals surface area contributed by atoms with Crippen LogP contribution in [0.3, 0.4) is 0 Å². The van der Waals surface area contributed by atoms with Crippen LogP contribution in [0.4, 0.5) is 19.0 Å². The van der Waals surface area contributed by atoms with Crippen LogP contribution in [0.1, 0.15) is 26.8 Å². The fraction of sp³-hybridized carbons (Fsp3) is 0.360. The van der Waals surface area contributed by atoms with Crippen LogP contribution >= 0.6 is 27.7 Å². The van der Waals surface area contributed by atoms with Crippen LogP contribution in [-0.2, 0) is 14.3 Å². The lowest BCUT2D eigenvalue weighted by Gasteiger charge is -2.44. The second kappa shape index (κ2) is 11.2. The van der Waals surface area contributed by atoms with Gasteiger partial charge in [-0.3, -0.25) is 9.48 Å². The number of carbonyl (C=O) groups is 1. The van der Waals surface area contributed by atoms with E-state index in [0.717, 1.165) is 12.1 Å². The number of esters is 1. The lowest BCUT2D eigenvalue weighted by Crippen LogP contribution is -2.47. The van der Waals surface area contributed by atoms with Crippen molar-refractivity contribution in [3.05, 3.63) is 70.1 Å². The molecule has 1 aliphatic heterocycles. The summed E-state index contributed by atoms with van der Waals surface area (Å²) in [7, 11) is 0. The SMILES string of the molecule is [C-]#[N+]c1ncc(Br)cc1S[C@H]1OC(COC(C)=O)[C@H](C)[C@H](n2cc(-c3cc(F)c(F)c(F)c3)cn2)C1C. The summed E-state index contributed by atoms with van der Waals surface area (Å²) >= 11 is 4.72. The van der Waals surface area contributed by atoms with Gasteiger partial charge in [0.25, 0.3) is 5.82 Å². The van der Waals surface area contributed by atoms with E-state index in [2.05, 4.69) is 30.9 Å². The third-order valence-electron chi connectivity index (χ3n) is 6.23. The van der Waals surface area contributed by atoms with Gasteiger partial charge in [0, 0.05) is 35.4 Å². The molecule has 194 valence electrons. The highest BCUT2D eigenvalue weighted by Gasteiger charge is 2.44. The molecule has 7 nitrogen and oxygen atoms in total. The van der Waals surface area contributed by atoms with Crippen molar-refractivity contribution in [3.63, 3.8) is 0 Å². The van der Waals surface area contributed by atoms with Crippen molar-refractivity contribution in [3.8, 4) is 11.1 Å². The number of hydrogen-bond acceptors (Lipinski definition) is 6. The summed E-state index contributed by atoms with van der Waals surface area (Å²) in [5.41, 5.74) is 0.0990. The number of halogens is 4. The molecule has 2 aromatic heterocycles. The molecule has 2 unspecified atom stereocenters. The summed E-state index contributed by atoms with van der Waals surface area (Å²) in [5.74, 6) is -4.65. The van der Waals surface area contributed by atoms with E-state index < -0.39 is 35.0 Å². The summed E-state index contributed by atoms with van der Waals surface area (Å²) in [6, 6.07) is 3.36. The monoisotopic (exact) mass is 594 g/mol. The van der Waals surface area contributed by atoms with Crippen molar-refractivity contribution in [1.29, 1.82) is 0 Å². The van der Waals surface area contributed by atoms with Crippen molar-refractivity contribution in [2.75, 3.05) is 6.61 Å². The number of ether oxygens (including phenoxy) is 2. The van der Waals surface area contributed by atoms with Gasteiger partial charge < -0.3 is 14.3 Å². The fourth-order valence-electron chi connectivity index (χ4n) is 4.37. The van der Waals surface area contributed by atoms with Gasteiger partial charge in [-0.15, -0.1) is 16.7 Å². The highest BCUT2D eigenvalue weighted by atomic mass is 79.9. The zero-order valence-electron chi connectivity index (χ0n) is 20.0. The van der Waals surface area contributed by atoms with E-state index in [1.54, 1.807) is 23.1 Å². The van der Waals surface area contributed by atoms with E-state index in [-0.39, 0.29) is 35.9 Å². The van der Waals surface area contributed by atoms with Gasteiger partial charge in [0.1, 0.15) is 18.2 Å². The molecule has 5 atom stereocenters. The number of carbonyl (C=O) groups excluding carboxylic acids is 1. The summed E-state index contributed by atoms with van der Waals surface area (Å²) in [4.78, 5) is 19.8. The molecule has 3 heterocycles. The molecule has 1 fully saturated rings. The van der Waals surface area contributed by atoms with E-state index in [9.17, 15) is 18.0 Å². The number of nitrogens with zero attached hydrogens (tertiary/aromatic N) is 4. The third kappa shape index (κ3) is 5.84. The Labute approximate surface area is 224 Å². The number of thioether (sulfide) groups is 1. The molecule has 12 heteroatoms.